The Morgan fingerprint density at radius 1 is 1.44 bits per heavy atom. The zero-order valence-corrected chi connectivity index (χ0v) is 11.7. The van der Waals surface area contributed by atoms with Gasteiger partial charge >= 0.3 is 11.7 Å². The highest BCUT2D eigenvalue weighted by atomic mass is 32.2. The van der Waals surface area contributed by atoms with Crippen molar-refractivity contribution in [2.45, 2.75) is 44.8 Å². The maximum Gasteiger partial charge on any atom is 0.344 e. The molecular weight excluding hydrogens is 254 g/mol. The molecule has 7 heteroatoms. The topological polar surface area (TPSA) is 88.0 Å². The van der Waals surface area contributed by atoms with E-state index in [0.717, 1.165) is 24.6 Å². The van der Waals surface area contributed by atoms with E-state index in [1.165, 1.54) is 4.57 Å². The first-order valence-corrected chi connectivity index (χ1v) is 6.91. The van der Waals surface area contributed by atoms with Gasteiger partial charge in [0.05, 0.1) is 5.75 Å². The van der Waals surface area contributed by atoms with Crippen LogP contribution in [0.25, 0.3) is 0 Å². The summed E-state index contributed by atoms with van der Waals surface area (Å²) in [6, 6.07) is 0.0231. The summed E-state index contributed by atoms with van der Waals surface area (Å²) in [5, 5.41) is 15.3. The van der Waals surface area contributed by atoms with Crippen LogP contribution in [0.1, 0.15) is 39.7 Å². The Balaban J connectivity index is 2.76. The molecule has 0 aromatic carbocycles. The van der Waals surface area contributed by atoms with Crippen LogP contribution in [0.5, 0.6) is 0 Å². The van der Waals surface area contributed by atoms with Crippen molar-refractivity contribution in [1.82, 2.24) is 14.8 Å². The predicted octanol–water partition coefficient (Wildman–Crippen LogP) is 1.75. The Kier molecular flexibility index (Phi) is 5.46. The van der Waals surface area contributed by atoms with E-state index < -0.39 is 5.97 Å². The molecule has 1 aromatic rings. The lowest BCUT2D eigenvalue weighted by Gasteiger charge is -2.15. The van der Waals surface area contributed by atoms with E-state index in [1.807, 2.05) is 6.92 Å². The Bertz CT molecular complexity index is 453. The van der Waals surface area contributed by atoms with Crippen molar-refractivity contribution < 1.29 is 9.90 Å². The van der Waals surface area contributed by atoms with Crippen molar-refractivity contribution in [2.75, 3.05) is 5.75 Å². The van der Waals surface area contributed by atoms with E-state index in [1.54, 1.807) is 0 Å². The first-order valence-electron chi connectivity index (χ1n) is 5.93. The summed E-state index contributed by atoms with van der Waals surface area (Å²) in [7, 11) is 0. The number of aromatic amines is 1. The molecule has 102 valence electrons. The van der Waals surface area contributed by atoms with Crippen molar-refractivity contribution in [1.29, 1.82) is 0 Å². The molecule has 0 aliphatic rings. The highest BCUT2D eigenvalue weighted by Gasteiger charge is 2.16. The molecule has 0 aliphatic carbocycles. The molecule has 0 bridgehead atoms. The second-order valence-corrected chi connectivity index (χ2v) is 5.63. The maximum atomic E-state index is 11.7. The van der Waals surface area contributed by atoms with Gasteiger partial charge in [0.25, 0.3) is 0 Å². The first-order chi connectivity index (χ1) is 8.41. The zero-order chi connectivity index (χ0) is 13.7. The fourth-order valence-electron chi connectivity index (χ4n) is 1.61. The van der Waals surface area contributed by atoms with Crippen molar-refractivity contribution in [3.8, 4) is 0 Å². The highest BCUT2D eigenvalue weighted by molar-refractivity contribution is 7.99. The molecule has 1 atom stereocenters. The molecule has 0 amide bonds. The minimum Gasteiger partial charge on any atom is -0.481 e. The standard InChI is InChI=1S/C11H19N3O3S/c1-7(2)4-5-8(3)14-10(17)12-13-11(14)18-6-9(15)16/h7-8H,4-6H2,1-3H3,(H,12,17)(H,15,16). The summed E-state index contributed by atoms with van der Waals surface area (Å²) in [5.41, 5.74) is -0.279. The largest absolute Gasteiger partial charge is 0.481 e. The van der Waals surface area contributed by atoms with Crippen LogP contribution in [0.4, 0.5) is 0 Å². The quantitative estimate of drug-likeness (QED) is 0.739. The highest BCUT2D eigenvalue weighted by Crippen LogP contribution is 2.21. The third kappa shape index (κ3) is 4.21. The van der Waals surface area contributed by atoms with Gasteiger partial charge in [-0.3, -0.25) is 9.36 Å². The molecule has 2 N–H and O–H groups in total. The normalized spacial score (nSPS) is 12.9. The number of carboxylic acid groups (broad SMARTS) is 1. The fraction of sp³-hybridized carbons (Fsp3) is 0.727. The van der Waals surface area contributed by atoms with Gasteiger partial charge in [-0.15, -0.1) is 5.10 Å². The molecule has 1 unspecified atom stereocenters. The average molecular weight is 273 g/mol. The second kappa shape index (κ2) is 6.63. The van der Waals surface area contributed by atoms with Crippen LogP contribution in [-0.2, 0) is 4.79 Å². The fourth-order valence-corrected chi connectivity index (χ4v) is 2.38. The Hall–Kier alpha value is -1.24. The van der Waals surface area contributed by atoms with Gasteiger partial charge in [0.1, 0.15) is 0 Å². The van der Waals surface area contributed by atoms with Crippen LogP contribution in [0.3, 0.4) is 0 Å². The number of carbonyl (C=O) groups is 1. The van der Waals surface area contributed by atoms with Crippen molar-refractivity contribution >= 4 is 17.7 Å². The van der Waals surface area contributed by atoms with Gasteiger partial charge in [0.2, 0.25) is 0 Å². The number of nitrogens with one attached hydrogen (secondary N) is 1. The predicted molar refractivity (Wildman–Crippen MR) is 70.0 cm³/mol. The lowest BCUT2D eigenvalue weighted by Crippen LogP contribution is -2.22. The summed E-state index contributed by atoms with van der Waals surface area (Å²) in [6.45, 7) is 6.21. The van der Waals surface area contributed by atoms with Crippen LogP contribution in [0.2, 0.25) is 0 Å². The smallest absolute Gasteiger partial charge is 0.344 e. The molecule has 0 saturated carbocycles. The monoisotopic (exact) mass is 273 g/mol. The third-order valence-electron chi connectivity index (χ3n) is 2.60. The lowest BCUT2D eigenvalue weighted by molar-refractivity contribution is -0.133. The Morgan fingerprint density at radius 2 is 2.11 bits per heavy atom. The van der Waals surface area contributed by atoms with Crippen LogP contribution in [0.15, 0.2) is 9.95 Å². The average Bonchev–Trinajstić information content (AvgIpc) is 2.64. The molecular formula is C11H19N3O3S. The SMILES string of the molecule is CC(C)CCC(C)n1c(SCC(=O)O)n[nH]c1=O. The van der Waals surface area contributed by atoms with Gasteiger partial charge in [-0.25, -0.2) is 9.89 Å². The zero-order valence-electron chi connectivity index (χ0n) is 10.8. The van der Waals surface area contributed by atoms with Crippen molar-refractivity contribution in [3.63, 3.8) is 0 Å². The molecule has 1 aromatic heterocycles. The van der Waals surface area contributed by atoms with Crippen LogP contribution in [0, 0.1) is 5.92 Å². The first kappa shape index (κ1) is 14.8. The van der Waals surface area contributed by atoms with Gasteiger partial charge < -0.3 is 5.11 Å². The molecule has 0 radical (unpaired) electrons. The van der Waals surface area contributed by atoms with E-state index in [4.69, 9.17) is 5.11 Å². The van der Waals surface area contributed by atoms with Gasteiger partial charge in [-0.1, -0.05) is 25.6 Å². The van der Waals surface area contributed by atoms with E-state index in [9.17, 15) is 9.59 Å². The van der Waals surface area contributed by atoms with Gasteiger partial charge in [-0.05, 0) is 25.7 Å². The van der Waals surface area contributed by atoms with E-state index >= 15 is 0 Å². The number of thioether (sulfide) groups is 1. The van der Waals surface area contributed by atoms with Gasteiger partial charge in [0.15, 0.2) is 5.16 Å². The maximum absolute atomic E-state index is 11.7. The Morgan fingerprint density at radius 3 is 2.67 bits per heavy atom. The van der Waals surface area contributed by atoms with E-state index in [0.29, 0.717) is 11.1 Å². The number of carboxylic acids is 1. The summed E-state index contributed by atoms with van der Waals surface area (Å²) >= 11 is 1.06. The van der Waals surface area contributed by atoms with Gasteiger partial charge in [0, 0.05) is 6.04 Å². The summed E-state index contributed by atoms with van der Waals surface area (Å²) in [6.07, 6.45) is 1.89. The number of aromatic nitrogens is 3. The van der Waals surface area contributed by atoms with Crippen molar-refractivity contribution in [2.24, 2.45) is 5.92 Å². The van der Waals surface area contributed by atoms with E-state index in [-0.39, 0.29) is 17.5 Å². The lowest BCUT2D eigenvalue weighted by atomic mass is 10.0. The summed E-state index contributed by atoms with van der Waals surface area (Å²) in [5.74, 6) is -0.441. The molecule has 0 fully saturated rings. The van der Waals surface area contributed by atoms with Crippen LogP contribution in [-0.4, -0.2) is 31.6 Å². The molecule has 1 rings (SSSR count). The summed E-state index contributed by atoms with van der Waals surface area (Å²) in [4.78, 5) is 22.2. The number of aliphatic carboxylic acids is 1. The third-order valence-corrected chi connectivity index (χ3v) is 3.54. The van der Waals surface area contributed by atoms with Crippen LogP contribution < -0.4 is 5.69 Å². The van der Waals surface area contributed by atoms with Crippen LogP contribution >= 0.6 is 11.8 Å². The molecule has 6 nitrogen and oxygen atoms in total. The molecule has 0 aliphatic heterocycles. The molecule has 18 heavy (non-hydrogen) atoms. The summed E-state index contributed by atoms with van der Waals surface area (Å²) < 4.78 is 1.54. The number of hydrogen-bond donors (Lipinski definition) is 2. The van der Waals surface area contributed by atoms with Gasteiger partial charge in [-0.2, -0.15) is 0 Å². The number of rotatable bonds is 7. The van der Waals surface area contributed by atoms with E-state index in [2.05, 4.69) is 24.0 Å². The number of hydrogen-bond acceptors (Lipinski definition) is 4. The molecule has 1 heterocycles. The minimum absolute atomic E-state index is 0.0231. The Labute approximate surface area is 110 Å². The molecule has 0 spiro atoms. The minimum atomic E-state index is -0.920. The number of nitrogens with zero attached hydrogens (tertiary/aromatic N) is 2. The molecule has 0 saturated heterocycles. The van der Waals surface area contributed by atoms with Crippen molar-refractivity contribution in [3.05, 3.63) is 10.5 Å². The second-order valence-electron chi connectivity index (χ2n) is 4.68. The number of H-pyrrole nitrogens is 1.